The second kappa shape index (κ2) is 5.47. The lowest BCUT2D eigenvalue weighted by Crippen LogP contribution is -2.43. The number of rotatable bonds is 2. The Morgan fingerprint density at radius 1 is 1.39 bits per heavy atom. The molecule has 0 bridgehead atoms. The van der Waals surface area contributed by atoms with Gasteiger partial charge in [-0.15, -0.1) is 0 Å². The van der Waals surface area contributed by atoms with E-state index in [9.17, 15) is 4.79 Å². The molecule has 0 unspecified atom stereocenters. The summed E-state index contributed by atoms with van der Waals surface area (Å²) in [5.74, 6) is 0.626. The van der Waals surface area contributed by atoms with Crippen LogP contribution in [0, 0.1) is 6.92 Å². The molecule has 1 aliphatic heterocycles. The van der Waals surface area contributed by atoms with Crippen LogP contribution in [0.2, 0.25) is 0 Å². The highest BCUT2D eigenvalue weighted by Gasteiger charge is 2.32. The number of fused-ring (bicyclic) bond motifs is 1. The number of imidazole rings is 1. The third-order valence-electron chi connectivity index (χ3n) is 3.94. The van der Waals surface area contributed by atoms with E-state index in [0.29, 0.717) is 31.0 Å². The zero-order chi connectivity index (χ0) is 15.8. The molecule has 1 amide bonds. The van der Waals surface area contributed by atoms with Crippen LogP contribution in [0.15, 0.2) is 30.9 Å². The average molecular weight is 312 g/mol. The monoisotopic (exact) mass is 312 g/mol. The molecule has 0 radical (unpaired) electrons. The summed E-state index contributed by atoms with van der Waals surface area (Å²) in [6.45, 7) is 3.37. The minimum atomic E-state index is -0.233. The first-order valence-electron chi connectivity index (χ1n) is 7.42. The molecule has 23 heavy (non-hydrogen) atoms. The van der Waals surface area contributed by atoms with Crippen molar-refractivity contribution in [1.82, 2.24) is 29.5 Å². The third-order valence-corrected chi connectivity index (χ3v) is 3.94. The van der Waals surface area contributed by atoms with Gasteiger partial charge in [0.05, 0.1) is 19.4 Å². The predicted octanol–water partition coefficient (Wildman–Crippen LogP) is 0.975. The molecule has 8 heteroatoms. The first kappa shape index (κ1) is 13.9. The molecular formula is C15H16N6O2. The molecule has 4 heterocycles. The van der Waals surface area contributed by atoms with Crippen LogP contribution >= 0.6 is 0 Å². The van der Waals surface area contributed by atoms with Crippen LogP contribution < -0.4 is 0 Å². The average Bonchev–Trinajstić information content (AvgIpc) is 3.20. The fourth-order valence-corrected chi connectivity index (χ4v) is 2.81. The number of ether oxygens (including phenoxy) is 1. The van der Waals surface area contributed by atoms with Gasteiger partial charge in [-0.3, -0.25) is 4.79 Å². The van der Waals surface area contributed by atoms with Gasteiger partial charge in [-0.2, -0.15) is 5.10 Å². The Morgan fingerprint density at radius 3 is 3.13 bits per heavy atom. The molecule has 3 aromatic heterocycles. The summed E-state index contributed by atoms with van der Waals surface area (Å²) in [7, 11) is 0. The van der Waals surface area contributed by atoms with E-state index in [1.807, 2.05) is 6.92 Å². The van der Waals surface area contributed by atoms with Crippen molar-refractivity contribution >= 4 is 11.6 Å². The van der Waals surface area contributed by atoms with Gasteiger partial charge in [0, 0.05) is 30.8 Å². The Labute approximate surface area is 132 Å². The summed E-state index contributed by atoms with van der Waals surface area (Å²) in [5, 5.41) is 4.19. The number of nitrogens with one attached hydrogen (secondary N) is 1. The van der Waals surface area contributed by atoms with Gasteiger partial charge in [-0.25, -0.2) is 14.5 Å². The van der Waals surface area contributed by atoms with Crippen LogP contribution in [0.25, 0.3) is 5.65 Å². The van der Waals surface area contributed by atoms with E-state index < -0.39 is 0 Å². The first-order valence-corrected chi connectivity index (χ1v) is 7.42. The SMILES string of the molecule is Cc1cnc([C@H]2COCCN2C(=O)c2cnn3cccnc23)[nH]1. The minimum absolute atomic E-state index is 0.110. The van der Waals surface area contributed by atoms with Crippen molar-refractivity contribution < 1.29 is 9.53 Å². The molecule has 1 atom stereocenters. The summed E-state index contributed by atoms with van der Waals surface area (Å²) in [4.78, 5) is 26.6. The summed E-state index contributed by atoms with van der Waals surface area (Å²) >= 11 is 0. The van der Waals surface area contributed by atoms with Crippen LogP contribution in [-0.4, -0.2) is 55.1 Å². The quantitative estimate of drug-likeness (QED) is 0.762. The lowest BCUT2D eigenvalue weighted by Gasteiger charge is -2.34. The molecule has 1 aliphatic rings. The number of aryl methyl sites for hydroxylation is 1. The fraction of sp³-hybridized carbons (Fsp3) is 0.333. The lowest BCUT2D eigenvalue weighted by molar-refractivity contribution is -0.00492. The molecule has 3 aromatic rings. The molecule has 0 aromatic carbocycles. The maximum Gasteiger partial charge on any atom is 0.260 e. The van der Waals surface area contributed by atoms with E-state index in [1.165, 1.54) is 0 Å². The predicted molar refractivity (Wildman–Crippen MR) is 80.9 cm³/mol. The summed E-state index contributed by atoms with van der Waals surface area (Å²) < 4.78 is 7.14. The van der Waals surface area contributed by atoms with Gasteiger partial charge in [-0.05, 0) is 13.0 Å². The number of hydrogen-bond acceptors (Lipinski definition) is 5. The van der Waals surface area contributed by atoms with E-state index in [0.717, 1.165) is 11.5 Å². The van der Waals surface area contributed by atoms with Crippen LogP contribution in [0.3, 0.4) is 0 Å². The normalized spacial score (nSPS) is 18.5. The molecular weight excluding hydrogens is 296 g/mol. The molecule has 8 nitrogen and oxygen atoms in total. The number of H-pyrrole nitrogens is 1. The van der Waals surface area contributed by atoms with Gasteiger partial charge in [-0.1, -0.05) is 0 Å². The van der Waals surface area contributed by atoms with E-state index in [4.69, 9.17) is 4.74 Å². The zero-order valence-corrected chi connectivity index (χ0v) is 12.6. The van der Waals surface area contributed by atoms with Gasteiger partial charge < -0.3 is 14.6 Å². The van der Waals surface area contributed by atoms with Gasteiger partial charge in [0.15, 0.2) is 5.65 Å². The van der Waals surface area contributed by atoms with Crippen molar-refractivity contribution in [3.05, 3.63) is 47.9 Å². The third kappa shape index (κ3) is 2.36. The van der Waals surface area contributed by atoms with E-state index >= 15 is 0 Å². The number of amides is 1. The molecule has 4 rings (SSSR count). The van der Waals surface area contributed by atoms with Crippen LogP contribution in [-0.2, 0) is 4.74 Å². The Balaban J connectivity index is 1.70. The molecule has 0 saturated carbocycles. The smallest absolute Gasteiger partial charge is 0.260 e. The number of carbonyl (C=O) groups is 1. The molecule has 0 aliphatic carbocycles. The summed E-state index contributed by atoms with van der Waals surface area (Å²) in [6, 6.07) is 1.54. The Bertz CT molecular complexity index is 854. The highest BCUT2D eigenvalue weighted by atomic mass is 16.5. The maximum atomic E-state index is 13.0. The fourth-order valence-electron chi connectivity index (χ4n) is 2.81. The molecule has 1 saturated heterocycles. The molecule has 1 fully saturated rings. The van der Waals surface area contributed by atoms with E-state index in [2.05, 4.69) is 20.1 Å². The molecule has 118 valence electrons. The molecule has 0 spiro atoms. The van der Waals surface area contributed by atoms with Gasteiger partial charge in [0.1, 0.15) is 17.4 Å². The van der Waals surface area contributed by atoms with Crippen molar-refractivity contribution in [2.24, 2.45) is 0 Å². The lowest BCUT2D eigenvalue weighted by atomic mass is 10.1. The second-order valence-electron chi connectivity index (χ2n) is 5.49. The maximum absolute atomic E-state index is 13.0. The highest BCUT2D eigenvalue weighted by molar-refractivity contribution is 5.99. The minimum Gasteiger partial charge on any atom is -0.377 e. The highest BCUT2D eigenvalue weighted by Crippen LogP contribution is 2.24. The number of carbonyl (C=O) groups excluding carboxylic acids is 1. The number of aromatic amines is 1. The van der Waals surface area contributed by atoms with Crippen LogP contribution in [0.1, 0.15) is 27.9 Å². The largest absolute Gasteiger partial charge is 0.377 e. The van der Waals surface area contributed by atoms with Gasteiger partial charge in [0.2, 0.25) is 0 Å². The summed E-state index contributed by atoms with van der Waals surface area (Å²) in [5.41, 5.74) is 2.00. The first-order chi connectivity index (χ1) is 11.2. The van der Waals surface area contributed by atoms with Gasteiger partial charge in [0.25, 0.3) is 5.91 Å². The Kier molecular flexibility index (Phi) is 3.30. The van der Waals surface area contributed by atoms with Crippen molar-refractivity contribution in [2.75, 3.05) is 19.8 Å². The molecule has 1 N–H and O–H groups in total. The van der Waals surface area contributed by atoms with E-state index in [-0.39, 0.29) is 11.9 Å². The Morgan fingerprint density at radius 2 is 2.30 bits per heavy atom. The number of nitrogens with zero attached hydrogens (tertiary/aromatic N) is 5. The number of morpholine rings is 1. The van der Waals surface area contributed by atoms with Crippen molar-refractivity contribution in [3.8, 4) is 0 Å². The van der Waals surface area contributed by atoms with Gasteiger partial charge >= 0.3 is 0 Å². The number of aromatic nitrogens is 5. The van der Waals surface area contributed by atoms with Crippen molar-refractivity contribution in [2.45, 2.75) is 13.0 Å². The zero-order valence-electron chi connectivity index (χ0n) is 12.6. The van der Waals surface area contributed by atoms with Crippen LogP contribution in [0.4, 0.5) is 0 Å². The van der Waals surface area contributed by atoms with E-state index in [1.54, 1.807) is 40.3 Å². The van der Waals surface area contributed by atoms with Crippen molar-refractivity contribution in [1.29, 1.82) is 0 Å². The summed E-state index contributed by atoms with van der Waals surface area (Å²) in [6.07, 6.45) is 6.74. The standard InChI is InChI=1S/C15H16N6O2/c1-10-7-17-13(19-10)12-9-23-6-5-20(12)15(22)11-8-18-21-4-2-3-16-14(11)21/h2-4,7-8,12H,5-6,9H2,1H3,(H,17,19)/t12-/m1/s1. The van der Waals surface area contributed by atoms with Crippen molar-refractivity contribution in [3.63, 3.8) is 0 Å². The number of hydrogen-bond donors (Lipinski definition) is 1. The van der Waals surface area contributed by atoms with Crippen LogP contribution in [0.5, 0.6) is 0 Å². The second-order valence-corrected chi connectivity index (χ2v) is 5.49. The Hall–Kier alpha value is -2.74. The topological polar surface area (TPSA) is 88.4 Å².